The Labute approximate surface area is 329 Å². The molecule has 3 aromatic heterocycles. The van der Waals surface area contributed by atoms with Gasteiger partial charge >= 0.3 is 0 Å². The normalized spacial score (nSPS) is 19.8. The predicted molar refractivity (Wildman–Crippen MR) is 217 cm³/mol. The third-order valence-electron chi connectivity index (χ3n) is 10.6. The molecule has 0 saturated carbocycles. The summed E-state index contributed by atoms with van der Waals surface area (Å²) in [6.07, 6.45) is 13.9. The maximum Gasteiger partial charge on any atom is 0.225 e. The second-order valence-electron chi connectivity index (χ2n) is 15.7. The van der Waals surface area contributed by atoms with Crippen LogP contribution in [0.15, 0.2) is 67.1 Å². The number of carbonyl (C=O) groups is 1. The number of hydrogen-bond donors (Lipinski definition) is 3. The molecule has 294 valence electrons. The van der Waals surface area contributed by atoms with E-state index in [4.69, 9.17) is 29.6 Å². The SMILES string of the molecule is CSOCCOc1cncc(-n2nc(C(C)(C)C)cc2NC(=O)CCCC2CCC(Oc3ccc(=N)n(C(=N)N4C(C)CCCC4C)c3)c3ccccc32)c1. The Morgan fingerprint density at radius 3 is 2.49 bits per heavy atom. The van der Waals surface area contributed by atoms with Crippen LogP contribution in [0.25, 0.3) is 5.69 Å². The number of fused-ring (bicyclic) bond motifs is 1. The van der Waals surface area contributed by atoms with Crippen LogP contribution in [0.4, 0.5) is 5.82 Å². The van der Waals surface area contributed by atoms with Crippen LogP contribution in [0.1, 0.15) is 115 Å². The monoisotopic (exact) mass is 768 g/mol. The van der Waals surface area contributed by atoms with Crippen molar-refractivity contribution in [2.75, 3.05) is 24.8 Å². The Morgan fingerprint density at radius 2 is 1.75 bits per heavy atom. The van der Waals surface area contributed by atoms with Crippen LogP contribution in [-0.4, -0.2) is 67.7 Å². The third-order valence-corrected chi connectivity index (χ3v) is 11.0. The Kier molecular flexibility index (Phi) is 13.0. The van der Waals surface area contributed by atoms with E-state index >= 15 is 0 Å². The number of nitrogens with zero attached hydrogens (tertiary/aromatic N) is 5. The molecule has 1 aliphatic heterocycles. The smallest absolute Gasteiger partial charge is 0.225 e. The molecule has 4 aromatic rings. The Bertz CT molecular complexity index is 2000. The molecule has 6 rings (SSSR count). The van der Waals surface area contributed by atoms with Gasteiger partial charge in [-0.05, 0) is 100 Å². The predicted octanol–water partition coefficient (Wildman–Crippen LogP) is 8.37. The maximum absolute atomic E-state index is 13.4. The summed E-state index contributed by atoms with van der Waals surface area (Å²) in [7, 11) is 0. The lowest BCUT2D eigenvalue weighted by molar-refractivity contribution is -0.116. The van der Waals surface area contributed by atoms with Crippen LogP contribution in [0, 0.1) is 10.8 Å². The molecule has 12 nitrogen and oxygen atoms in total. The number of carbonyl (C=O) groups excluding carboxylic acids is 1. The van der Waals surface area contributed by atoms with Crippen LogP contribution in [0.2, 0.25) is 0 Å². The largest absolute Gasteiger partial charge is 0.489 e. The number of nitrogens with one attached hydrogen (secondary N) is 3. The van der Waals surface area contributed by atoms with E-state index in [1.54, 1.807) is 33.9 Å². The van der Waals surface area contributed by atoms with Crippen molar-refractivity contribution in [3.8, 4) is 17.2 Å². The zero-order chi connectivity index (χ0) is 39.1. The number of amides is 1. The summed E-state index contributed by atoms with van der Waals surface area (Å²) in [5.41, 5.74) is 4.01. The Hall–Kier alpha value is -4.62. The van der Waals surface area contributed by atoms with Crippen molar-refractivity contribution in [3.05, 3.63) is 89.4 Å². The molecule has 4 atom stereocenters. The van der Waals surface area contributed by atoms with Crippen molar-refractivity contribution in [2.24, 2.45) is 0 Å². The number of benzene rings is 1. The lowest BCUT2D eigenvalue weighted by Crippen LogP contribution is -2.51. The van der Waals surface area contributed by atoms with Gasteiger partial charge in [0, 0.05) is 42.3 Å². The summed E-state index contributed by atoms with van der Waals surface area (Å²) in [4.78, 5) is 19.9. The van der Waals surface area contributed by atoms with Gasteiger partial charge in [-0.1, -0.05) is 45.0 Å². The molecule has 1 fully saturated rings. The first-order chi connectivity index (χ1) is 26.4. The highest BCUT2D eigenvalue weighted by molar-refractivity contribution is 7.93. The first-order valence-electron chi connectivity index (χ1n) is 19.5. The third kappa shape index (κ3) is 9.80. The van der Waals surface area contributed by atoms with Gasteiger partial charge in [0.2, 0.25) is 11.9 Å². The molecule has 3 N–H and O–H groups in total. The second kappa shape index (κ2) is 17.9. The van der Waals surface area contributed by atoms with Gasteiger partial charge in [0.05, 0.1) is 36.6 Å². The van der Waals surface area contributed by atoms with Gasteiger partial charge in [-0.25, -0.2) is 4.68 Å². The van der Waals surface area contributed by atoms with E-state index < -0.39 is 0 Å². The van der Waals surface area contributed by atoms with E-state index in [1.165, 1.54) is 17.6 Å². The molecule has 1 saturated heterocycles. The van der Waals surface area contributed by atoms with Crippen LogP contribution in [-0.2, 0) is 14.4 Å². The second-order valence-corrected chi connectivity index (χ2v) is 16.3. The summed E-state index contributed by atoms with van der Waals surface area (Å²) < 4.78 is 21.1. The molecule has 0 spiro atoms. The highest BCUT2D eigenvalue weighted by atomic mass is 32.2. The summed E-state index contributed by atoms with van der Waals surface area (Å²) in [6.45, 7) is 11.5. The minimum Gasteiger partial charge on any atom is -0.489 e. The minimum absolute atomic E-state index is 0.0634. The number of ether oxygens (including phenoxy) is 2. The molecule has 1 amide bonds. The number of hydrogen-bond acceptors (Lipinski definition) is 9. The van der Waals surface area contributed by atoms with E-state index in [-0.39, 0.29) is 35.0 Å². The van der Waals surface area contributed by atoms with Gasteiger partial charge in [0.25, 0.3) is 0 Å². The van der Waals surface area contributed by atoms with E-state index in [0.717, 1.165) is 56.2 Å². The molecule has 0 bridgehead atoms. The van der Waals surface area contributed by atoms with E-state index in [2.05, 4.69) is 74.1 Å². The highest BCUT2D eigenvalue weighted by Crippen LogP contribution is 2.42. The number of anilines is 1. The molecule has 1 aromatic carbocycles. The van der Waals surface area contributed by atoms with Crippen LogP contribution in [0.5, 0.6) is 11.5 Å². The number of piperidine rings is 1. The molecule has 2 aliphatic rings. The van der Waals surface area contributed by atoms with Crippen LogP contribution in [0.3, 0.4) is 0 Å². The molecule has 55 heavy (non-hydrogen) atoms. The maximum atomic E-state index is 13.4. The number of aromatic nitrogens is 4. The topological polar surface area (TPSA) is 143 Å². The zero-order valence-corrected chi connectivity index (χ0v) is 33.8. The van der Waals surface area contributed by atoms with Gasteiger partial charge in [0.1, 0.15) is 35.5 Å². The number of likely N-dealkylation sites (tertiary alicyclic amines) is 1. The highest BCUT2D eigenvalue weighted by Gasteiger charge is 2.30. The lowest BCUT2D eigenvalue weighted by atomic mass is 9.79. The lowest BCUT2D eigenvalue weighted by Gasteiger charge is -2.41. The summed E-state index contributed by atoms with van der Waals surface area (Å²) in [5, 5.41) is 25.6. The van der Waals surface area contributed by atoms with Gasteiger partial charge in [-0.3, -0.25) is 25.2 Å². The summed E-state index contributed by atoms with van der Waals surface area (Å²) >= 11 is 1.30. The van der Waals surface area contributed by atoms with Crippen molar-refractivity contribution in [1.29, 1.82) is 10.8 Å². The first-order valence-corrected chi connectivity index (χ1v) is 20.6. The summed E-state index contributed by atoms with van der Waals surface area (Å²) in [6, 6.07) is 16.3. The number of pyridine rings is 2. The quantitative estimate of drug-likeness (QED) is 0.0533. The van der Waals surface area contributed by atoms with Crippen LogP contribution < -0.4 is 20.3 Å². The molecule has 4 heterocycles. The molecule has 0 radical (unpaired) electrons. The van der Waals surface area contributed by atoms with Crippen molar-refractivity contribution in [3.63, 3.8) is 0 Å². The van der Waals surface area contributed by atoms with Crippen molar-refractivity contribution in [1.82, 2.24) is 24.2 Å². The fourth-order valence-corrected chi connectivity index (χ4v) is 7.98. The average molecular weight is 769 g/mol. The fourth-order valence-electron chi connectivity index (χ4n) is 7.74. The van der Waals surface area contributed by atoms with Crippen molar-refractivity contribution in [2.45, 2.75) is 116 Å². The molecule has 13 heteroatoms. The Balaban J connectivity index is 1.09. The van der Waals surface area contributed by atoms with E-state index in [0.29, 0.717) is 54.5 Å². The molecule has 1 aliphatic carbocycles. The summed E-state index contributed by atoms with van der Waals surface area (Å²) in [5.74, 6) is 2.42. The molecular formula is C42H56N8O4S. The molecule has 4 unspecified atom stereocenters. The zero-order valence-electron chi connectivity index (χ0n) is 33.0. The van der Waals surface area contributed by atoms with Gasteiger partial charge < -0.3 is 23.9 Å². The minimum atomic E-state index is -0.225. The fraction of sp³-hybridized carbons (Fsp3) is 0.500. The van der Waals surface area contributed by atoms with Crippen LogP contribution >= 0.6 is 12.0 Å². The molecular weight excluding hydrogens is 713 g/mol. The first kappa shape index (κ1) is 40.1. The van der Waals surface area contributed by atoms with Gasteiger partial charge in [-0.15, -0.1) is 0 Å². The number of rotatable bonds is 13. The van der Waals surface area contributed by atoms with Crippen molar-refractivity contribution < 1.29 is 18.5 Å². The van der Waals surface area contributed by atoms with Gasteiger partial charge in [0.15, 0.2) is 0 Å². The standard InChI is InChI=1S/C42H56N8O4S/c1-28-11-9-12-29(2)49(28)41(44)48-27-32(18-20-38(48)43)54-36-19-17-30(34-14-7-8-15-35(34)36)13-10-16-40(51)46-39-24-37(42(3,4)5)47-50(39)31-23-33(26-45-25-31)52-21-22-53-55-6/h7-8,14-15,18,20,23-30,36,43-44H,9-13,16-17,19,21-22H2,1-6H3,(H,46,51). The average Bonchev–Trinajstić information content (AvgIpc) is 3.59. The Morgan fingerprint density at radius 1 is 0.982 bits per heavy atom. The van der Waals surface area contributed by atoms with Gasteiger partial charge in [-0.2, -0.15) is 5.10 Å². The van der Waals surface area contributed by atoms with Crippen molar-refractivity contribution >= 4 is 29.7 Å². The van der Waals surface area contributed by atoms with E-state index in [1.807, 2.05) is 24.5 Å². The van der Waals surface area contributed by atoms with E-state index in [9.17, 15) is 4.79 Å².